The first kappa shape index (κ1) is 16.2. The van der Waals surface area contributed by atoms with Crippen LogP contribution >= 0.6 is 0 Å². The van der Waals surface area contributed by atoms with Gasteiger partial charge in [0.2, 0.25) is 0 Å². The van der Waals surface area contributed by atoms with Crippen molar-refractivity contribution in [1.82, 2.24) is 14.1 Å². The van der Waals surface area contributed by atoms with Crippen LogP contribution in [0.2, 0.25) is 0 Å². The Morgan fingerprint density at radius 3 is 2.59 bits per heavy atom. The van der Waals surface area contributed by atoms with Gasteiger partial charge in [-0.25, -0.2) is 4.79 Å². The summed E-state index contributed by atoms with van der Waals surface area (Å²) in [4.78, 5) is 39.7. The SMILES string of the molecule is Cc1cc(=O)c2c(=O)n(CCCCC(C)O)c(=O)n(C)c2[nH]1. The summed E-state index contributed by atoms with van der Waals surface area (Å²) in [7, 11) is 1.53. The quantitative estimate of drug-likeness (QED) is 0.774. The van der Waals surface area contributed by atoms with Crippen molar-refractivity contribution in [1.29, 1.82) is 0 Å². The lowest BCUT2D eigenvalue weighted by molar-refractivity contribution is 0.180. The second-order valence-corrected chi connectivity index (χ2v) is 5.68. The average Bonchev–Trinajstić information content (AvgIpc) is 2.43. The maximum absolute atomic E-state index is 12.4. The summed E-state index contributed by atoms with van der Waals surface area (Å²) in [6, 6.07) is 1.35. The summed E-state index contributed by atoms with van der Waals surface area (Å²) in [6.07, 6.45) is 1.51. The maximum Gasteiger partial charge on any atom is 0.332 e. The summed E-state index contributed by atoms with van der Waals surface area (Å²) < 4.78 is 2.38. The molecule has 0 aromatic carbocycles. The summed E-state index contributed by atoms with van der Waals surface area (Å²) >= 11 is 0. The van der Waals surface area contributed by atoms with Gasteiger partial charge < -0.3 is 10.1 Å². The van der Waals surface area contributed by atoms with Crippen molar-refractivity contribution in [3.63, 3.8) is 0 Å². The van der Waals surface area contributed by atoms with Crippen LogP contribution in [-0.4, -0.2) is 25.3 Å². The molecule has 2 N–H and O–H groups in total. The fraction of sp³-hybridized carbons (Fsp3) is 0.533. The van der Waals surface area contributed by atoms with Gasteiger partial charge in [-0.3, -0.25) is 18.7 Å². The lowest BCUT2D eigenvalue weighted by Gasteiger charge is -2.11. The van der Waals surface area contributed by atoms with E-state index in [1.807, 2.05) is 0 Å². The van der Waals surface area contributed by atoms with Crippen molar-refractivity contribution in [3.8, 4) is 0 Å². The number of aryl methyl sites for hydroxylation is 2. The average molecular weight is 307 g/mol. The van der Waals surface area contributed by atoms with Crippen molar-refractivity contribution < 1.29 is 5.11 Å². The zero-order valence-corrected chi connectivity index (χ0v) is 13.0. The highest BCUT2D eigenvalue weighted by Gasteiger charge is 2.14. The van der Waals surface area contributed by atoms with Crippen LogP contribution in [0, 0.1) is 6.92 Å². The first-order valence-electron chi connectivity index (χ1n) is 7.34. The number of unbranched alkanes of at least 4 members (excludes halogenated alkanes) is 1. The van der Waals surface area contributed by atoms with E-state index < -0.39 is 17.4 Å². The van der Waals surface area contributed by atoms with Crippen molar-refractivity contribution >= 4 is 11.0 Å². The predicted octanol–water partition coefficient (Wildman–Crippen LogP) is 0.248. The summed E-state index contributed by atoms with van der Waals surface area (Å²) in [5, 5.41) is 9.23. The van der Waals surface area contributed by atoms with E-state index in [1.54, 1.807) is 13.8 Å². The first-order valence-corrected chi connectivity index (χ1v) is 7.34. The predicted molar refractivity (Wildman–Crippen MR) is 84.3 cm³/mol. The Morgan fingerprint density at radius 1 is 1.27 bits per heavy atom. The van der Waals surface area contributed by atoms with Crippen LogP contribution in [0.25, 0.3) is 11.0 Å². The van der Waals surface area contributed by atoms with Crippen LogP contribution in [-0.2, 0) is 13.6 Å². The minimum Gasteiger partial charge on any atom is -0.393 e. The highest BCUT2D eigenvalue weighted by atomic mass is 16.3. The molecule has 7 heteroatoms. The molecule has 0 radical (unpaired) electrons. The van der Waals surface area contributed by atoms with E-state index in [-0.39, 0.29) is 23.0 Å². The molecule has 0 amide bonds. The van der Waals surface area contributed by atoms with Crippen molar-refractivity contribution in [2.24, 2.45) is 7.05 Å². The molecular formula is C15H21N3O4. The van der Waals surface area contributed by atoms with E-state index in [0.717, 1.165) is 4.57 Å². The Hall–Kier alpha value is -2.15. The second-order valence-electron chi connectivity index (χ2n) is 5.68. The number of fused-ring (bicyclic) bond motifs is 1. The first-order chi connectivity index (χ1) is 10.3. The molecule has 0 bridgehead atoms. The molecule has 2 heterocycles. The number of pyridine rings is 1. The van der Waals surface area contributed by atoms with Crippen molar-refractivity contribution in [3.05, 3.63) is 42.8 Å². The molecule has 0 aliphatic carbocycles. The molecule has 1 unspecified atom stereocenters. The fourth-order valence-corrected chi connectivity index (χ4v) is 2.53. The Balaban J connectivity index is 2.51. The van der Waals surface area contributed by atoms with E-state index in [0.29, 0.717) is 25.0 Å². The van der Waals surface area contributed by atoms with Crippen LogP contribution in [0.5, 0.6) is 0 Å². The number of aromatic amines is 1. The van der Waals surface area contributed by atoms with Gasteiger partial charge in [-0.15, -0.1) is 0 Å². The Bertz CT molecular complexity index is 858. The number of aliphatic hydroxyl groups excluding tert-OH is 1. The summed E-state index contributed by atoms with van der Waals surface area (Å²) in [6.45, 7) is 3.64. The molecule has 0 aliphatic heterocycles. The number of hydrogen-bond acceptors (Lipinski definition) is 4. The molecule has 2 aromatic rings. The van der Waals surface area contributed by atoms with Crippen LogP contribution in [0.4, 0.5) is 0 Å². The molecule has 0 saturated heterocycles. The van der Waals surface area contributed by atoms with Crippen LogP contribution in [0.15, 0.2) is 20.4 Å². The number of aliphatic hydroxyl groups is 1. The third-order valence-corrected chi connectivity index (χ3v) is 3.71. The van der Waals surface area contributed by atoms with E-state index in [9.17, 15) is 19.5 Å². The number of hydrogen-bond donors (Lipinski definition) is 2. The number of H-pyrrole nitrogens is 1. The molecule has 2 rings (SSSR count). The van der Waals surface area contributed by atoms with Gasteiger partial charge in [0.15, 0.2) is 5.43 Å². The number of nitrogens with one attached hydrogen (secondary N) is 1. The highest BCUT2D eigenvalue weighted by Crippen LogP contribution is 2.03. The van der Waals surface area contributed by atoms with Crippen molar-refractivity contribution in [2.45, 2.75) is 45.8 Å². The molecule has 0 fully saturated rings. The van der Waals surface area contributed by atoms with Gasteiger partial charge >= 0.3 is 5.69 Å². The monoisotopic (exact) mass is 307 g/mol. The van der Waals surface area contributed by atoms with Crippen molar-refractivity contribution in [2.75, 3.05) is 0 Å². The number of nitrogens with zero attached hydrogens (tertiary/aromatic N) is 2. The molecule has 22 heavy (non-hydrogen) atoms. The Morgan fingerprint density at radius 2 is 1.95 bits per heavy atom. The maximum atomic E-state index is 12.4. The third kappa shape index (κ3) is 3.04. The topological polar surface area (TPSA) is 97.1 Å². The smallest absolute Gasteiger partial charge is 0.332 e. The minimum atomic E-state index is -0.559. The Kier molecular flexibility index (Phi) is 4.65. The molecule has 2 aromatic heterocycles. The Labute approximate surface area is 126 Å². The lowest BCUT2D eigenvalue weighted by Crippen LogP contribution is -2.41. The number of rotatable bonds is 5. The molecule has 0 saturated carbocycles. The zero-order valence-electron chi connectivity index (χ0n) is 13.0. The standard InChI is InChI=1S/C15H21N3O4/c1-9-8-11(20)12-13(16-9)17(3)15(22)18(14(12)21)7-5-4-6-10(2)19/h8,10,19H,4-7H2,1-3H3,(H,16,20). The largest absolute Gasteiger partial charge is 0.393 e. The van der Waals surface area contributed by atoms with E-state index in [4.69, 9.17) is 0 Å². The van der Waals surface area contributed by atoms with Gasteiger partial charge in [0.1, 0.15) is 11.0 Å². The highest BCUT2D eigenvalue weighted by molar-refractivity contribution is 5.73. The summed E-state index contributed by atoms with van der Waals surface area (Å²) in [5.74, 6) is 0. The van der Waals surface area contributed by atoms with Gasteiger partial charge in [0.25, 0.3) is 5.56 Å². The van der Waals surface area contributed by atoms with E-state index in [2.05, 4.69) is 4.98 Å². The van der Waals surface area contributed by atoms with Crippen LogP contribution in [0.3, 0.4) is 0 Å². The molecule has 120 valence electrons. The normalized spacial score (nSPS) is 12.7. The van der Waals surface area contributed by atoms with E-state index >= 15 is 0 Å². The fourth-order valence-electron chi connectivity index (χ4n) is 2.53. The van der Waals surface area contributed by atoms with Gasteiger partial charge in [-0.1, -0.05) is 0 Å². The second kappa shape index (κ2) is 6.31. The molecule has 7 nitrogen and oxygen atoms in total. The minimum absolute atomic E-state index is 0.00299. The van der Waals surface area contributed by atoms with Gasteiger partial charge in [0, 0.05) is 25.4 Å². The lowest BCUT2D eigenvalue weighted by atomic mass is 10.2. The van der Waals surface area contributed by atoms with Crippen LogP contribution < -0.4 is 16.7 Å². The third-order valence-electron chi connectivity index (χ3n) is 3.71. The molecule has 1 atom stereocenters. The zero-order chi connectivity index (χ0) is 16.4. The molecular weight excluding hydrogens is 286 g/mol. The molecule has 0 aliphatic rings. The molecule has 0 spiro atoms. The van der Waals surface area contributed by atoms with Gasteiger partial charge in [-0.2, -0.15) is 0 Å². The number of aromatic nitrogens is 3. The van der Waals surface area contributed by atoms with Gasteiger partial charge in [0.05, 0.1) is 6.10 Å². The summed E-state index contributed by atoms with van der Waals surface area (Å²) in [5.41, 5.74) is -0.543. The van der Waals surface area contributed by atoms with E-state index in [1.165, 1.54) is 17.7 Å². The van der Waals surface area contributed by atoms with Gasteiger partial charge in [-0.05, 0) is 33.1 Å². The van der Waals surface area contributed by atoms with Crippen LogP contribution in [0.1, 0.15) is 31.9 Å².